The van der Waals surface area contributed by atoms with Crippen LogP contribution in [0.15, 0.2) is 44.0 Å². The molecule has 0 saturated carbocycles. The molecular formula is C31H53N2O4+. The van der Waals surface area contributed by atoms with E-state index in [1.54, 1.807) is 0 Å². The van der Waals surface area contributed by atoms with Gasteiger partial charge in [-0.25, -0.2) is 18.7 Å². The van der Waals surface area contributed by atoms with E-state index in [1.807, 2.05) is 0 Å². The van der Waals surface area contributed by atoms with Crippen LogP contribution in [-0.2, 0) is 32.2 Å². The normalized spacial score (nSPS) is 10.8. The summed E-state index contributed by atoms with van der Waals surface area (Å²) in [6.07, 6.45) is 31.4. The topological polar surface area (TPSA) is 61.4 Å². The molecule has 0 spiro atoms. The first-order valence-electron chi connectivity index (χ1n) is 14.8. The van der Waals surface area contributed by atoms with Crippen molar-refractivity contribution in [2.75, 3.05) is 13.2 Å². The van der Waals surface area contributed by atoms with Crippen molar-refractivity contribution < 1.29 is 23.6 Å². The van der Waals surface area contributed by atoms with Gasteiger partial charge in [-0.2, -0.15) is 0 Å². The van der Waals surface area contributed by atoms with Gasteiger partial charge in [-0.15, -0.1) is 0 Å². The standard InChI is InChI=1S/C31H53N2O4/c1-3-30(34)36-27-21-17-13-9-5-7-11-15-19-23-32-25-26-33(29-32)24-20-16-12-8-6-10-14-18-22-28-37-31(35)4-2/h3-4,25-26,29H,1-2,5-24,27-28H2/q+1. The van der Waals surface area contributed by atoms with Crippen molar-refractivity contribution in [1.29, 1.82) is 0 Å². The Morgan fingerprint density at radius 2 is 1.03 bits per heavy atom. The highest BCUT2D eigenvalue weighted by Gasteiger charge is 2.04. The fourth-order valence-electron chi connectivity index (χ4n) is 4.43. The summed E-state index contributed by atoms with van der Waals surface area (Å²) in [4.78, 5) is 21.9. The van der Waals surface area contributed by atoms with E-state index in [0.717, 1.165) is 38.8 Å². The van der Waals surface area contributed by atoms with Crippen molar-refractivity contribution in [3.8, 4) is 0 Å². The molecule has 1 aromatic heterocycles. The van der Waals surface area contributed by atoms with Gasteiger partial charge >= 0.3 is 11.9 Å². The molecule has 210 valence electrons. The number of aryl methyl sites for hydroxylation is 2. The van der Waals surface area contributed by atoms with Gasteiger partial charge in [0.15, 0.2) is 0 Å². The predicted octanol–water partition coefficient (Wildman–Crippen LogP) is 7.26. The first-order chi connectivity index (χ1) is 18.2. The average Bonchev–Trinajstić information content (AvgIpc) is 3.36. The molecule has 0 bridgehead atoms. The van der Waals surface area contributed by atoms with Crippen molar-refractivity contribution in [2.24, 2.45) is 0 Å². The Hall–Kier alpha value is -2.37. The van der Waals surface area contributed by atoms with Crippen LogP contribution in [0, 0.1) is 0 Å². The minimum absolute atomic E-state index is 0.316. The number of hydrogen-bond donors (Lipinski definition) is 0. The van der Waals surface area contributed by atoms with Crippen LogP contribution in [0.2, 0.25) is 0 Å². The highest BCUT2D eigenvalue weighted by molar-refractivity contribution is 5.81. The fraction of sp³-hybridized carbons (Fsp3) is 0.710. The van der Waals surface area contributed by atoms with Crippen molar-refractivity contribution in [2.45, 2.75) is 129 Å². The Bertz CT molecular complexity index is 670. The quantitative estimate of drug-likeness (QED) is 0.0562. The van der Waals surface area contributed by atoms with Gasteiger partial charge in [-0.05, 0) is 38.5 Å². The second-order valence-corrected chi connectivity index (χ2v) is 10.00. The zero-order valence-corrected chi connectivity index (χ0v) is 23.4. The van der Waals surface area contributed by atoms with Gasteiger partial charge < -0.3 is 9.47 Å². The monoisotopic (exact) mass is 517 g/mol. The molecule has 6 heteroatoms. The summed E-state index contributed by atoms with van der Waals surface area (Å²) < 4.78 is 14.6. The van der Waals surface area contributed by atoms with Crippen molar-refractivity contribution >= 4 is 11.9 Å². The van der Waals surface area contributed by atoms with Crippen molar-refractivity contribution in [1.82, 2.24) is 4.57 Å². The number of carbonyl (C=O) groups is 2. The lowest BCUT2D eigenvalue weighted by atomic mass is 10.1. The number of hydrogen-bond acceptors (Lipinski definition) is 4. The molecular weight excluding hydrogens is 464 g/mol. The molecule has 0 saturated heterocycles. The van der Waals surface area contributed by atoms with Gasteiger partial charge in [0.1, 0.15) is 12.4 Å². The molecule has 0 aliphatic carbocycles. The van der Waals surface area contributed by atoms with E-state index in [4.69, 9.17) is 9.47 Å². The van der Waals surface area contributed by atoms with Crippen LogP contribution in [0.1, 0.15) is 116 Å². The molecule has 0 fully saturated rings. The zero-order chi connectivity index (χ0) is 26.8. The van der Waals surface area contributed by atoms with Gasteiger partial charge in [0, 0.05) is 12.2 Å². The highest BCUT2D eigenvalue weighted by Crippen LogP contribution is 2.11. The summed E-state index contributed by atoms with van der Waals surface area (Å²) in [7, 11) is 0. The van der Waals surface area contributed by atoms with Crippen molar-refractivity contribution in [3.05, 3.63) is 44.0 Å². The molecule has 0 N–H and O–H groups in total. The van der Waals surface area contributed by atoms with E-state index in [9.17, 15) is 9.59 Å². The number of esters is 2. The lowest BCUT2D eigenvalue weighted by Crippen LogP contribution is -2.30. The van der Waals surface area contributed by atoms with Gasteiger partial charge in [0.2, 0.25) is 6.33 Å². The molecule has 0 atom stereocenters. The Balaban J connectivity index is 1.85. The molecule has 37 heavy (non-hydrogen) atoms. The van der Waals surface area contributed by atoms with E-state index in [-0.39, 0.29) is 11.9 Å². The lowest BCUT2D eigenvalue weighted by Gasteiger charge is -2.03. The van der Waals surface area contributed by atoms with Crippen molar-refractivity contribution in [3.63, 3.8) is 0 Å². The van der Waals surface area contributed by atoms with Crippen LogP contribution < -0.4 is 4.57 Å². The van der Waals surface area contributed by atoms with E-state index in [0.29, 0.717) is 13.2 Å². The number of ether oxygens (including phenoxy) is 2. The molecule has 0 radical (unpaired) electrons. The van der Waals surface area contributed by atoms with Gasteiger partial charge in [-0.1, -0.05) is 90.2 Å². The molecule has 6 nitrogen and oxygen atoms in total. The second-order valence-electron chi connectivity index (χ2n) is 10.00. The van der Waals surface area contributed by atoms with Crippen LogP contribution in [0.3, 0.4) is 0 Å². The van der Waals surface area contributed by atoms with Gasteiger partial charge in [0.25, 0.3) is 0 Å². The number of rotatable bonds is 26. The Labute approximate surface area is 226 Å². The molecule has 0 unspecified atom stereocenters. The fourth-order valence-corrected chi connectivity index (χ4v) is 4.43. The smallest absolute Gasteiger partial charge is 0.330 e. The van der Waals surface area contributed by atoms with Crippen LogP contribution >= 0.6 is 0 Å². The number of nitrogens with zero attached hydrogens (tertiary/aromatic N) is 2. The molecule has 0 aliphatic rings. The molecule has 0 aliphatic heterocycles. The molecule has 1 heterocycles. The molecule has 1 rings (SSSR count). The van der Waals surface area contributed by atoms with Crippen LogP contribution in [-0.4, -0.2) is 29.7 Å². The summed E-state index contributed by atoms with van der Waals surface area (Å²) >= 11 is 0. The summed E-state index contributed by atoms with van der Waals surface area (Å²) in [5, 5.41) is 0. The SMILES string of the molecule is C=CC(=O)OCCCCCCCCCCCn1cc[n+](CCCCCCCCCCCOC(=O)C=C)c1. The summed E-state index contributed by atoms with van der Waals surface area (Å²) in [6.45, 7) is 10.1. The minimum atomic E-state index is -0.316. The number of unbranched alkanes of at least 4 members (excludes halogenated alkanes) is 16. The Morgan fingerprint density at radius 3 is 1.49 bits per heavy atom. The summed E-state index contributed by atoms with van der Waals surface area (Å²) in [5.74, 6) is -0.633. The third-order valence-corrected chi connectivity index (χ3v) is 6.69. The van der Waals surface area contributed by atoms with E-state index in [1.165, 1.54) is 102 Å². The summed E-state index contributed by atoms with van der Waals surface area (Å²) in [5.41, 5.74) is 0. The maximum atomic E-state index is 10.9. The van der Waals surface area contributed by atoms with Crippen LogP contribution in [0.4, 0.5) is 0 Å². The maximum absolute atomic E-state index is 10.9. The average molecular weight is 518 g/mol. The van der Waals surface area contributed by atoms with E-state index < -0.39 is 0 Å². The maximum Gasteiger partial charge on any atom is 0.330 e. The third-order valence-electron chi connectivity index (χ3n) is 6.69. The first-order valence-corrected chi connectivity index (χ1v) is 14.8. The molecule has 0 amide bonds. The number of imidazole rings is 1. The lowest BCUT2D eigenvalue weighted by molar-refractivity contribution is -0.696. The minimum Gasteiger partial charge on any atom is -0.463 e. The van der Waals surface area contributed by atoms with Crippen LogP contribution in [0.5, 0.6) is 0 Å². The molecule has 0 aromatic carbocycles. The predicted molar refractivity (Wildman–Crippen MR) is 150 cm³/mol. The highest BCUT2D eigenvalue weighted by atomic mass is 16.5. The van der Waals surface area contributed by atoms with Gasteiger partial charge in [-0.3, -0.25) is 0 Å². The molecule has 1 aromatic rings. The second kappa shape index (κ2) is 24.0. The van der Waals surface area contributed by atoms with E-state index >= 15 is 0 Å². The van der Waals surface area contributed by atoms with Gasteiger partial charge in [0.05, 0.1) is 26.3 Å². The first kappa shape index (κ1) is 32.7. The Morgan fingerprint density at radius 1 is 0.622 bits per heavy atom. The third kappa shape index (κ3) is 20.4. The summed E-state index contributed by atoms with van der Waals surface area (Å²) in [6, 6.07) is 0. The van der Waals surface area contributed by atoms with E-state index in [2.05, 4.69) is 41.0 Å². The van der Waals surface area contributed by atoms with Crippen LogP contribution in [0.25, 0.3) is 0 Å². The zero-order valence-electron chi connectivity index (χ0n) is 23.4. The largest absolute Gasteiger partial charge is 0.463 e. The number of aromatic nitrogens is 2. The Kier molecular flexibility index (Phi) is 21.2. The number of carbonyl (C=O) groups excluding carboxylic acids is 2.